The summed E-state index contributed by atoms with van der Waals surface area (Å²) in [7, 11) is 3.98. The van der Waals surface area contributed by atoms with E-state index in [1.54, 1.807) is 0 Å². The van der Waals surface area contributed by atoms with Gasteiger partial charge in [-0.25, -0.2) is 4.79 Å². The highest BCUT2D eigenvalue weighted by atomic mass is 16.6. The fourth-order valence-electron chi connectivity index (χ4n) is 1.28. The third-order valence-electron chi connectivity index (χ3n) is 2.02. The van der Waals surface area contributed by atoms with Crippen LogP contribution in [0.5, 0.6) is 5.75 Å². The first-order chi connectivity index (χ1) is 8.17. The molecular weight excluding hydrogens is 228 g/mol. The number of methoxy groups -OCH3 is 2. The van der Waals surface area contributed by atoms with Gasteiger partial charge in [0.25, 0.3) is 0 Å². The van der Waals surface area contributed by atoms with Crippen LogP contribution in [0.2, 0.25) is 0 Å². The molecule has 0 fully saturated rings. The zero-order valence-electron chi connectivity index (χ0n) is 9.64. The normalized spacial score (nSPS) is 9.59. The molecule has 1 N–H and O–H groups in total. The monoisotopic (exact) mass is 240 g/mol. The summed E-state index contributed by atoms with van der Waals surface area (Å²) in [4.78, 5) is 26.8. The zero-order valence-corrected chi connectivity index (χ0v) is 9.64. The maximum atomic E-state index is 11.4. The number of rotatable bonds is 5. The lowest BCUT2D eigenvalue weighted by atomic mass is 10.1. The summed E-state index contributed by atoms with van der Waals surface area (Å²) in [6.07, 6.45) is 0. The number of nitroso groups, excluding NO2 is 1. The molecule has 0 amide bonds. The third kappa shape index (κ3) is 2.70. The molecule has 0 heterocycles. The molecule has 92 valence electrons. The second kappa shape index (κ2) is 5.80. The van der Waals surface area contributed by atoms with Gasteiger partial charge in [0.05, 0.1) is 32.6 Å². The molecule has 0 atom stereocenters. The predicted molar refractivity (Wildman–Crippen MR) is 60.4 cm³/mol. The first-order valence-electron chi connectivity index (χ1n) is 4.60. The summed E-state index contributed by atoms with van der Waals surface area (Å²) in [5.41, 5.74) is 2.90. The van der Waals surface area contributed by atoms with E-state index in [1.807, 2.05) is 0 Å². The van der Waals surface area contributed by atoms with Crippen molar-refractivity contribution in [1.29, 1.82) is 0 Å². The SMILES string of the molecule is CONc1cc(C(=O)OC)cc(OC)c1N=O. The first-order valence-corrected chi connectivity index (χ1v) is 4.60. The standard InChI is InChI=1S/C10H12N2O5/c1-15-8-5-6(10(13)16-2)4-7(12-17-3)9(8)11-14/h4-5,12H,1-3H3. The van der Waals surface area contributed by atoms with Crippen LogP contribution in [0.3, 0.4) is 0 Å². The fourth-order valence-corrected chi connectivity index (χ4v) is 1.28. The summed E-state index contributed by atoms with van der Waals surface area (Å²) in [5, 5.41) is 2.82. The largest absolute Gasteiger partial charge is 0.494 e. The lowest BCUT2D eigenvalue weighted by molar-refractivity contribution is 0.0600. The lowest BCUT2D eigenvalue weighted by Crippen LogP contribution is -2.04. The minimum Gasteiger partial charge on any atom is -0.494 e. The highest BCUT2D eigenvalue weighted by Gasteiger charge is 2.16. The maximum absolute atomic E-state index is 11.4. The Hall–Kier alpha value is -2.15. The molecule has 0 aromatic heterocycles. The number of benzene rings is 1. The van der Waals surface area contributed by atoms with Crippen LogP contribution in [-0.2, 0) is 9.57 Å². The van der Waals surface area contributed by atoms with Gasteiger partial charge in [-0.2, -0.15) is 0 Å². The molecule has 0 spiro atoms. The number of nitrogens with one attached hydrogen (secondary N) is 1. The van der Waals surface area contributed by atoms with Crippen molar-refractivity contribution in [2.45, 2.75) is 0 Å². The Morgan fingerprint density at radius 2 is 2.00 bits per heavy atom. The van der Waals surface area contributed by atoms with Crippen molar-refractivity contribution in [1.82, 2.24) is 0 Å². The molecule has 0 unspecified atom stereocenters. The van der Waals surface area contributed by atoms with Crippen molar-refractivity contribution < 1.29 is 19.1 Å². The van der Waals surface area contributed by atoms with Crippen LogP contribution < -0.4 is 10.2 Å². The molecule has 1 aromatic carbocycles. The smallest absolute Gasteiger partial charge is 0.338 e. The number of ether oxygens (including phenoxy) is 2. The lowest BCUT2D eigenvalue weighted by Gasteiger charge is -2.11. The van der Waals surface area contributed by atoms with Crippen molar-refractivity contribution in [3.8, 4) is 5.75 Å². The molecule has 0 aliphatic heterocycles. The number of hydrogen-bond donors (Lipinski definition) is 1. The van der Waals surface area contributed by atoms with Crippen LogP contribution in [0.25, 0.3) is 0 Å². The summed E-state index contributed by atoms with van der Waals surface area (Å²) in [6.45, 7) is 0. The molecule has 7 nitrogen and oxygen atoms in total. The zero-order chi connectivity index (χ0) is 12.8. The Morgan fingerprint density at radius 1 is 1.29 bits per heavy atom. The molecule has 0 saturated heterocycles. The van der Waals surface area contributed by atoms with Gasteiger partial charge in [-0.1, -0.05) is 0 Å². The van der Waals surface area contributed by atoms with Crippen molar-refractivity contribution in [2.24, 2.45) is 5.18 Å². The molecule has 0 bridgehead atoms. The number of carbonyl (C=O) groups excluding carboxylic acids is 1. The quantitative estimate of drug-likeness (QED) is 0.480. The summed E-state index contributed by atoms with van der Waals surface area (Å²) < 4.78 is 9.53. The van der Waals surface area contributed by atoms with E-state index in [0.717, 1.165) is 0 Å². The summed E-state index contributed by atoms with van der Waals surface area (Å²) in [6, 6.07) is 2.75. The average Bonchev–Trinajstić information content (AvgIpc) is 2.37. The Morgan fingerprint density at radius 3 is 2.47 bits per heavy atom. The number of nitrogens with zero attached hydrogens (tertiary/aromatic N) is 1. The van der Waals surface area contributed by atoms with E-state index in [0.29, 0.717) is 0 Å². The van der Waals surface area contributed by atoms with Gasteiger partial charge < -0.3 is 9.47 Å². The van der Waals surface area contributed by atoms with Gasteiger partial charge in [-0.05, 0) is 17.3 Å². The second-order valence-electron chi connectivity index (χ2n) is 2.96. The van der Waals surface area contributed by atoms with E-state index in [1.165, 1.54) is 33.5 Å². The molecule has 0 saturated carbocycles. The van der Waals surface area contributed by atoms with Gasteiger partial charge in [-0.15, -0.1) is 4.91 Å². The van der Waals surface area contributed by atoms with Crippen molar-refractivity contribution in [2.75, 3.05) is 26.8 Å². The highest BCUT2D eigenvalue weighted by molar-refractivity contribution is 5.93. The van der Waals surface area contributed by atoms with Crippen molar-refractivity contribution in [3.05, 3.63) is 22.6 Å². The summed E-state index contributed by atoms with van der Waals surface area (Å²) >= 11 is 0. The van der Waals surface area contributed by atoms with Gasteiger partial charge in [-0.3, -0.25) is 10.3 Å². The minimum absolute atomic E-state index is 0.0157. The van der Waals surface area contributed by atoms with Crippen LogP contribution in [0.1, 0.15) is 10.4 Å². The van der Waals surface area contributed by atoms with E-state index in [2.05, 4.69) is 20.2 Å². The average molecular weight is 240 g/mol. The Labute approximate surface area is 97.6 Å². The van der Waals surface area contributed by atoms with E-state index in [-0.39, 0.29) is 22.7 Å². The van der Waals surface area contributed by atoms with Gasteiger partial charge >= 0.3 is 5.97 Å². The van der Waals surface area contributed by atoms with Crippen molar-refractivity contribution in [3.63, 3.8) is 0 Å². The Balaban J connectivity index is 3.33. The van der Waals surface area contributed by atoms with Crippen molar-refractivity contribution >= 4 is 17.3 Å². The molecule has 1 rings (SSSR count). The fraction of sp³-hybridized carbons (Fsp3) is 0.300. The number of esters is 1. The molecule has 0 aliphatic carbocycles. The summed E-state index contributed by atoms with van der Waals surface area (Å²) in [5.74, 6) is -0.401. The molecule has 0 aliphatic rings. The number of anilines is 1. The minimum atomic E-state index is -0.556. The van der Waals surface area contributed by atoms with Gasteiger partial charge in [0.15, 0.2) is 11.4 Å². The number of hydrogen-bond acceptors (Lipinski definition) is 7. The van der Waals surface area contributed by atoms with Crippen LogP contribution in [0, 0.1) is 4.91 Å². The van der Waals surface area contributed by atoms with E-state index in [9.17, 15) is 9.70 Å². The predicted octanol–water partition coefficient (Wildman–Crippen LogP) is 1.85. The van der Waals surface area contributed by atoms with Gasteiger partial charge in [0.2, 0.25) is 0 Å². The molecular formula is C10H12N2O5. The molecule has 17 heavy (non-hydrogen) atoms. The number of carbonyl (C=O) groups is 1. The van der Waals surface area contributed by atoms with E-state index >= 15 is 0 Å². The Kier molecular flexibility index (Phi) is 4.41. The molecule has 7 heteroatoms. The maximum Gasteiger partial charge on any atom is 0.338 e. The molecule has 0 radical (unpaired) electrons. The second-order valence-corrected chi connectivity index (χ2v) is 2.96. The Bertz CT molecular complexity index is 433. The molecule has 1 aromatic rings. The van der Waals surface area contributed by atoms with Crippen LogP contribution in [0.15, 0.2) is 17.3 Å². The third-order valence-corrected chi connectivity index (χ3v) is 2.02. The van der Waals surface area contributed by atoms with Gasteiger partial charge in [0, 0.05) is 0 Å². The van der Waals surface area contributed by atoms with E-state index in [4.69, 9.17) is 4.74 Å². The van der Waals surface area contributed by atoms with Crippen LogP contribution in [-0.4, -0.2) is 27.3 Å². The first kappa shape index (κ1) is 12.9. The van der Waals surface area contributed by atoms with E-state index < -0.39 is 5.97 Å². The topological polar surface area (TPSA) is 86.2 Å². The van der Waals surface area contributed by atoms with Gasteiger partial charge in [0.1, 0.15) is 0 Å². The van der Waals surface area contributed by atoms with Crippen LogP contribution in [0.4, 0.5) is 11.4 Å². The van der Waals surface area contributed by atoms with Crippen LogP contribution >= 0.6 is 0 Å². The highest BCUT2D eigenvalue weighted by Crippen LogP contribution is 2.36.